The van der Waals surface area contributed by atoms with Crippen LogP contribution >= 0.6 is 0 Å². The van der Waals surface area contributed by atoms with Crippen molar-refractivity contribution in [3.05, 3.63) is 29.8 Å². The van der Waals surface area contributed by atoms with Gasteiger partial charge in [0, 0.05) is 5.69 Å². The molecule has 0 aliphatic rings. The van der Waals surface area contributed by atoms with Crippen molar-refractivity contribution in [2.75, 3.05) is 5.73 Å². The molecule has 0 aliphatic heterocycles. The van der Waals surface area contributed by atoms with Gasteiger partial charge in [-0.2, -0.15) is 13.2 Å². The van der Waals surface area contributed by atoms with E-state index >= 15 is 0 Å². The Labute approximate surface area is 75.4 Å². The van der Waals surface area contributed by atoms with Crippen LogP contribution in [0.1, 0.15) is 19.4 Å². The van der Waals surface area contributed by atoms with Crippen LogP contribution in [0, 0.1) is 0 Å². The van der Waals surface area contributed by atoms with Gasteiger partial charge in [0.2, 0.25) is 0 Å². The Morgan fingerprint density at radius 3 is 2.00 bits per heavy atom. The van der Waals surface area contributed by atoms with Gasteiger partial charge in [-0.1, -0.05) is 19.9 Å². The summed E-state index contributed by atoms with van der Waals surface area (Å²) in [6.45, 7) is 4.00. The third-order valence-corrected chi connectivity index (χ3v) is 1.21. The van der Waals surface area contributed by atoms with Gasteiger partial charge in [0.05, 0.1) is 5.56 Å². The van der Waals surface area contributed by atoms with E-state index in [0.717, 1.165) is 12.1 Å². The summed E-state index contributed by atoms with van der Waals surface area (Å²) >= 11 is 0. The largest absolute Gasteiger partial charge is 0.416 e. The van der Waals surface area contributed by atoms with Gasteiger partial charge in [-0.05, 0) is 18.2 Å². The number of halogens is 3. The van der Waals surface area contributed by atoms with Gasteiger partial charge < -0.3 is 5.73 Å². The number of hydrogen-bond acceptors (Lipinski definition) is 1. The lowest BCUT2D eigenvalue weighted by atomic mass is 10.2. The van der Waals surface area contributed by atoms with Gasteiger partial charge in [0.15, 0.2) is 0 Å². The first-order valence-electron chi connectivity index (χ1n) is 3.93. The molecule has 0 aromatic heterocycles. The first-order chi connectivity index (χ1) is 6.00. The van der Waals surface area contributed by atoms with Gasteiger partial charge in [-0.15, -0.1) is 0 Å². The van der Waals surface area contributed by atoms with E-state index in [-0.39, 0.29) is 5.69 Å². The molecule has 0 saturated heterocycles. The number of nitrogen functional groups attached to an aromatic ring is 1. The van der Waals surface area contributed by atoms with Crippen LogP contribution in [-0.4, -0.2) is 0 Å². The van der Waals surface area contributed by atoms with Crippen LogP contribution in [0.15, 0.2) is 24.3 Å². The number of benzene rings is 1. The second-order valence-corrected chi connectivity index (χ2v) is 2.12. The SMILES string of the molecule is CC.Nc1cccc(C(F)(F)F)c1. The lowest BCUT2D eigenvalue weighted by molar-refractivity contribution is -0.137. The van der Waals surface area contributed by atoms with Gasteiger partial charge in [0.25, 0.3) is 0 Å². The number of alkyl halides is 3. The molecule has 13 heavy (non-hydrogen) atoms. The van der Waals surface area contributed by atoms with E-state index in [1.165, 1.54) is 12.1 Å². The molecule has 2 N–H and O–H groups in total. The molecule has 0 heterocycles. The highest BCUT2D eigenvalue weighted by Gasteiger charge is 2.30. The molecule has 0 bridgehead atoms. The summed E-state index contributed by atoms with van der Waals surface area (Å²) in [5.74, 6) is 0. The van der Waals surface area contributed by atoms with Crippen molar-refractivity contribution < 1.29 is 13.2 Å². The molecule has 0 aliphatic carbocycles. The Morgan fingerprint density at radius 1 is 1.15 bits per heavy atom. The fourth-order valence-corrected chi connectivity index (χ4v) is 0.715. The first-order valence-corrected chi connectivity index (χ1v) is 3.93. The summed E-state index contributed by atoms with van der Waals surface area (Å²) in [4.78, 5) is 0. The Bertz CT molecular complexity index is 255. The topological polar surface area (TPSA) is 26.0 Å². The molecule has 0 atom stereocenters. The summed E-state index contributed by atoms with van der Waals surface area (Å²) in [6, 6.07) is 4.57. The Hall–Kier alpha value is -1.19. The van der Waals surface area contributed by atoms with Crippen LogP contribution < -0.4 is 5.73 Å². The molecule has 0 unspecified atom stereocenters. The highest BCUT2D eigenvalue weighted by atomic mass is 19.4. The van der Waals surface area contributed by atoms with E-state index in [1.807, 2.05) is 13.8 Å². The molecule has 0 amide bonds. The van der Waals surface area contributed by atoms with Crippen LogP contribution in [-0.2, 0) is 6.18 Å². The second kappa shape index (κ2) is 4.74. The van der Waals surface area contributed by atoms with Crippen LogP contribution in [0.25, 0.3) is 0 Å². The average molecular weight is 191 g/mol. The monoisotopic (exact) mass is 191 g/mol. The molecule has 0 radical (unpaired) electrons. The molecule has 1 rings (SSSR count). The molecular formula is C9H12F3N. The lowest BCUT2D eigenvalue weighted by Crippen LogP contribution is -2.04. The van der Waals surface area contributed by atoms with E-state index in [9.17, 15) is 13.2 Å². The maximum Gasteiger partial charge on any atom is 0.416 e. The first kappa shape index (κ1) is 11.8. The van der Waals surface area contributed by atoms with Gasteiger partial charge in [0.1, 0.15) is 0 Å². The van der Waals surface area contributed by atoms with E-state index in [4.69, 9.17) is 5.73 Å². The van der Waals surface area contributed by atoms with Crippen molar-refractivity contribution in [2.24, 2.45) is 0 Å². The van der Waals surface area contributed by atoms with Crippen LogP contribution in [0.3, 0.4) is 0 Å². The highest BCUT2D eigenvalue weighted by Crippen LogP contribution is 2.29. The predicted octanol–water partition coefficient (Wildman–Crippen LogP) is 3.31. The van der Waals surface area contributed by atoms with Crippen LogP contribution in [0.5, 0.6) is 0 Å². The second-order valence-electron chi connectivity index (χ2n) is 2.12. The zero-order valence-electron chi connectivity index (χ0n) is 7.52. The van der Waals surface area contributed by atoms with E-state index in [1.54, 1.807) is 0 Å². The van der Waals surface area contributed by atoms with Crippen molar-refractivity contribution >= 4 is 5.69 Å². The normalized spacial score (nSPS) is 10.2. The fourth-order valence-electron chi connectivity index (χ4n) is 0.715. The van der Waals surface area contributed by atoms with Crippen molar-refractivity contribution in [1.82, 2.24) is 0 Å². The molecule has 1 aromatic carbocycles. The van der Waals surface area contributed by atoms with E-state index in [2.05, 4.69) is 0 Å². The van der Waals surface area contributed by atoms with Crippen LogP contribution in [0.4, 0.5) is 18.9 Å². The third kappa shape index (κ3) is 3.83. The van der Waals surface area contributed by atoms with Gasteiger partial charge in [-0.3, -0.25) is 0 Å². The quantitative estimate of drug-likeness (QED) is 0.625. The van der Waals surface area contributed by atoms with Crippen molar-refractivity contribution in [3.63, 3.8) is 0 Å². The third-order valence-electron chi connectivity index (χ3n) is 1.21. The maximum atomic E-state index is 11.9. The fraction of sp³-hybridized carbons (Fsp3) is 0.333. The number of nitrogens with two attached hydrogens (primary N) is 1. The van der Waals surface area contributed by atoms with Gasteiger partial charge >= 0.3 is 6.18 Å². The Kier molecular flexibility index (Phi) is 4.31. The highest BCUT2D eigenvalue weighted by molar-refractivity contribution is 5.41. The zero-order chi connectivity index (χ0) is 10.5. The maximum absolute atomic E-state index is 11.9. The molecular weight excluding hydrogens is 179 g/mol. The molecule has 74 valence electrons. The van der Waals surface area contributed by atoms with Crippen molar-refractivity contribution in [2.45, 2.75) is 20.0 Å². The minimum Gasteiger partial charge on any atom is -0.399 e. The number of rotatable bonds is 0. The number of hydrogen-bond donors (Lipinski definition) is 1. The number of anilines is 1. The molecule has 4 heteroatoms. The van der Waals surface area contributed by atoms with Crippen LogP contribution in [0.2, 0.25) is 0 Å². The Balaban J connectivity index is 0.000000671. The summed E-state index contributed by atoms with van der Waals surface area (Å²) in [6.07, 6.45) is -4.30. The van der Waals surface area contributed by atoms with Gasteiger partial charge in [-0.25, -0.2) is 0 Å². The molecule has 1 nitrogen and oxygen atoms in total. The summed E-state index contributed by atoms with van der Waals surface area (Å²) in [5.41, 5.74) is 4.57. The van der Waals surface area contributed by atoms with E-state index < -0.39 is 11.7 Å². The molecule has 0 fully saturated rings. The zero-order valence-corrected chi connectivity index (χ0v) is 7.52. The Morgan fingerprint density at radius 2 is 1.69 bits per heavy atom. The minimum atomic E-state index is -4.30. The average Bonchev–Trinajstić information content (AvgIpc) is 2.06. The summed E-state index contributed by atoms with van der Waals surface area (Å²) < 4.78 is 35.7. The smallest absolute Gasteiger partial charge is 0.399 e. The minimum absolute atomic E-state index is 0.125. The summed E-state index contributed by atoms with van der Waals surface area (Å²) in [5, 5.41) is 0. The predicted molar refractivity (Wildman–Crippen MR) is 47.2 cm³/mol. The lowest BCUT2D eigenvalue weighted by Gasteiger charge is -2.05. The molecule has 1 aromatic rings. The standard InChI is InChI=1S/C7H6F3N.C2H6/c8-7(9,10)5-2-1-3-6(11)4-5;1-2/h1-4H,11H2;1-2H3. The van der Waals surface area contributed by atoms with Crippen molar-refractivity contribution in [3.8, 4) is 0 Å². The van der Waals surface area contributed by atoms with Crippen molar-refractivity contribution in [1.29, 1.82) is 0 Å². The summed E-state index contributed by atoms with van der Waals surface area (Å²) in [7, 11) is 0. The van der Waals surface area contributed by atoms with E-state index in [0.29, 0.717) is 0 Å². The molecule has 0 spiro atoms. The molecule has 0 saturated carbocycles.